The maximum absolute atomic E-state index is 13.1. The van der Waals surface area contributed by atoms with E-state index < -0.39 is 0 Å². The normalized spacial score (nSPS) is 19.1. The van der Waals surface area contributed by atoms with Crippen LogP contribution in [-0.4, -0.2) is 24.8 Å². The van der Waals surface area contributed by atoms with Gasteiger partial charge in [0.15, 0.2) is 0 Å². The number of carbonyl (C=O) groups is 1. The van der Waals surface area contributed by atoms with Crippen LogP contribution >= 0.6 is 0 Å². The van der Waals surface area contributed by atoms with Gasteiger partial charge in [-0.15, -0.1) is 0 Å². The number of unbranched alkanes of at least 4 members (excludes halogenated alkanes) is 3. The van der Waals surface area contributed by atoms with E-state index in [9.17, 15) is 9.18 Å². The number of hydrogen-bond donors (Lipinski definition) is 0. The summed E-state index contributed by atoms with van der Waals surface area (Å²) in [4.78, 5) is 12.5. The van der Waals surface area contributed by atoms with E-state index in [0.717, 1.165) is 49.8 Å². The molecule has 2 aromatic rings. The van der Waals surface area contributed by atoms with Crippen molar-refractivity contribution >= 4 is 5.97 Å². The van der Waals surface area contributed by atoms with Crippen LogP contribution in [0.25, 0.3) is 11.1 Å². The molecule has 0 bridgehead atoms. The van der Waals surface area contributed by atoms with Gasteiger partial charge in [0, 0.05) is 6.61 Å². The Kier molecular flexibility index (Phi) is 8.24. The molecule has 0 spiro atoms. The molecule has 0 aromatic heterocycles. The lowest BCUT2D eigenvalue weighted by Gasteiger charge is -2.28. The van der Waals surface area contributed by atoms with Crippen molar-refractivity contribution in [1.29, 1.82) is 0 Å². The van der Waals surface area contributed by atoms with Gasteiger partial charge >= 0.3 is 5.97 Å². The second-order valence-corrected chi connectivity index (χ2v) is 7.82. The molecule has 3 nitrogen and oxygen atoms in total. The van der Waals surface area contributed by atoms with Crippen molar-refractivity contribution in [2.45, 2.75) is 70.5 Å². The van der Waals surface area contributed by atoms with Crippen molar-refractivity contribution in [2.24, 2.45) is 0 Å². The molecule has 0 heterocycles. The first-order valence-corrected chi connectivity index (χ1v) is 10.8. The highest BCUT2D eigenvalue weighted by Gasteiger charge is 2.24. The van der Waals surface area contributed by atoms with Crippen molar-refractivity contribution in [1.82, 2.24) is 0 Å². The molecule has 1 aliphatic carbocycles. The first-order chi connectivity index (χ1) is 14.2. The zero-order valence-electron chi connectivity index (χ0n) is 17.2. The fraction of sp³-hybridized carbons (Fsp3) is 0.480. The number of benzene rings is 2. The van der Waals surface area contributed by atoms with Crippen LogP contribution in [0.3, 0.4) is 0 Å². The van der Waals surface area contributed by atoms with E-state index in [2.05, 4.69) is 6.92 Å². The molecule has 3 rings (SSSR count). The van der Waals surface area contributed by atoms with Crippen molar-refractivity contribution in [2.75, 3.05) is 6.61 Å². The minimum Gasteiger partial charge on any atom is -0.459 e. The predicted octanol–water partition coefficient (Wildman–Crippen LogP) is 6.56. The first kappa shape index (κ1) is 21.5. The molecule has 2 aromatic carbocycles. The molecule has 0 radical (unpaired) electrons. The molecule has 29 heavy (non-hydrogen) atoms. The zero-order valence-corrected chi connectivity index (χ0v) is 17.2. The van der Waals surface area contributed by atoms with Crippen LogP contribution in [0.1, 0.15) is 68.6 Å². The highest BCUT2D eigenvalue weighted by Crippen LogP contribution is 2.25. The van der Waals surface area contributed by atoms with Crippen LogP contribution in [0.15, 0.2) is 48.5 Å². The Morgan fingerprint density at radius 1 is 0.862 bits per heavy atom. The molecule has 0 unspecified atom stereocenters. The van der Waals surface area contributed by atoms with Crippen molar-refractivity contribution in [3.05, 3.63) is 59.9 Å². The van der Waals surface area contributed by atoms with E-state index >= 15 is 0 Å². The summed E-state index contributed by atoms with van der Waals surface area (Å²) in [6.45, 7) is 3.05. The average Bonchev–Trinajstić information content (AvgIpc) is 2.75. The van der Waals surface area contributed by atoms with Gasteiger partial charge in [0.1, 0.15) is 11.9 Å². The van der Waals surface area contributed by atoms with E-state index in [1.165, 1.54) is 31.4 Å². The lowest BCUT2D eigenvalue weighted by molar-refractivity contribution is -0.0204. The number of hydrogen-bond acceptors (Lipinski definition) is 3. The smallest absolute Gasteiger partial charge is 0.338 e. The van der Waals surface area contributed by atoms with Gasteiger partial charge in [-0.25, -0.2) is 9.18 Å². The van der Waals surface area contributed by atoms with Crippen molar-refractivity contribution in [3.8, 4) is 11.1 Å². The quantitative estimate of drug-likeness (QED) is 0.354. The Balaban J connectivity index is 1.42. The van der Waals surface area contributed by atoms with Crippen LogP contribution in [-0.2, 0) is 9.47 Å². The second kappa shape index (κ2) is 11.1. The van der Waals surface area contributed by atoms with Gasteiger partial charge in [-0.2, -0.15) is 0 Å². The summed E-state index contributed by atoms with van der Waals surface area (Å²) >= 11 is 0. The molecule has 1 fully saturated rings. The van der Waals surface area contributed by atoms with E-state index in [1.807, 2.05) is 12.1 Å². The van der Waals surface area contributed by atoms with E-state index in [0.29, 0.717) is 11.7 Å². The third kappa shape index (κ3) is 6.67. The average molecular weight is 399 g/mol. The first-order valence-electron chi connectivity index (χ1n) is 10.8. The molecular weight excluding hydrogens is 367 g/mol. The van der Waals surface area contributed by atoms with Crippen LogP contribution in [0.4, 0.5) is 4.39 Å². The summed E-state index contributed by atoms with van der Waals surface area (Å²) in [7, 11) is 0. The summed E-state index contributed by atoms with van der Waals surface area (Å²) in [5.74, 6) is -0.537. The summed E-state index contributed by atoms with van der Waals surface area (Å²) in [5.41, 5.74) is 2.41. The molecule has 0 N–H and O–H groups in total. The summed E-state index contributed by atoms with van der Waals surface area (Å²) in [6.07, 6.45) is 8.80. The van der Waals surface area contributed by atoms with E-state index in [-0.39, 0.29) is 17.9 Å². The number of ether oxygens (including phenoxy) is 2. The number of rotatable bonds is 9. The Morgan fingerprint density at radius 3 is 2.07 bits per heavy atom. The lowest BCUT2D eigenvalue weighted by Crippen LogP contribution is -2.28. The van der Waals surface area contributed by atoms with Gasteiger partial charge in [-0.1, -0.05) is 50.5 Å². The van der Waals surface area contributed by atoms with Gasteiger partial charge in [-0.05, 0) is 67.5 Å². The largest absolute Gasteiger partial charge is 0.459 e. The highest BCUT2D eigenvalue weighted by molar-refractivity contribution is 5.90. The predicted molar refractivity (Wildman–Crippen MR) is 113 cm³/mol. The van der Waals surface area contributed by atoms with Gasteiger partial charge < -0.3 is 9.47 Å². The molecule has 0 aliphatic heterocycles. The molecule has 1 saturated carbocycles. The topological polar surface area (TPSA) is 35.5 Å². The summed E-state index contributed by atoms with van der Waals surface area (Å²) in [5, 5.41) is 0. The minimum atomic E-state index is -0.278. The van der Waals surface area contributed by atoms with Gasteiger partial charge in [0.2, 0.25) is 0 Å². The number of halogens is 1. The molecule has 0 amide bonds. The third-order valence-electron chi connectivity index (χ3n) is 5.54. The van der Waals surface area contributed by atoms with E-state index in [1.54, 1.807) is 24.3 Å². The second-order valence-electron chi connectivity index (χ2n) is 7.82. The Morgan fingerprint density at radius 2 is 1.45 bits per heavy atom. The Hall–Kier alpha value is -2.20. The highest BCUT2D eigenvalue weighted by atomic mass is 19.1. The fourth-order valence-corrected chi connectivity index (χ4v) is 3.76. The molecule has 4 heteroatoms. The standard InChI is InChI=1S/C25H31FO3/c1-2-3-4-5-18-28-23-14-16-24(17-15-23)29-25(27)21-8-6-19(7-9-21)20-10-12-22(26)13-11-20/h6-13,23-24H,2-5,14-18H2,1H3. The van der Waals surface area contributed by atoms with Crippen LogP contribution < -0.4 is 0 Å². The van der Waals surface area contributed by atoms with Crippen LogP contribution in [0.2, 0.25) is 0 Å². The van der Waals surface area contributed by atoms with Gasteiger partial charge in [0.05, 0.1) is 11.7 Å². The zero-order chi connectivity index (χ0) is 20.5. The van der Waals surface area contributed by atoms with Crippen LogP contribution in [0, 0.1) is 5.82 Å². The van der Waals surface area contributed by atoms with Crippen molar-refractivity contribution < 1.29 is 18.7 Å². The van der Waals surface area contributed by atoms with Gasteiger partial charge in [0.25, 0.3) is 0 Å². The molecular formula is C25H31FO3. The Bertz CT molecular complexity index is 747. The van der Waals surface area contributed by atoms with Crippen LogP contribution in [0.5, 0.6) is 0 Å². The molecule has 1 aliphatic rings. The number of carbonyl (C=O) groups excluding carboxylic acids is 1. The lowest BCUT2D eigenvalue weighted by atomic mass is 9.95. The summed E-state index contributed by atoms with van der Waals surface area (Å²) < 4.78 is 24.7. The molecule has 156 valence electrons. The molecule has 0 atom stereocenters. The van der Waals surface area contributed by atoms with Crippen molar-refractivity contribution in [3.63, 3.8) is 0 Å². The third-order valence-corrected chi connectivity index (χ3v) is 5.54. The SMILES string of the molecule is CCCCCCOC1CCC(OC(=O)c2ccc(-c3ccc(F)cc3)cc2)CC1. The van der Waals surface area contributed by atoms with E-state index in [4.69, 9.17) is 9.47 Å². The monoisotopic (exact) mass is 398 g/mol. The molecule has 0 saturated heterocycles. The maximum atomic E-state index is 13.1. The number of esters is 1. The minimum absolute atomic E-state index is 0.0285. The fourth-order valence-electron chi connectivity index (χ4n) is 3.76. The maximum Gasteiger partial charge on any atom is 0.338 e. The Labute approximate surface area is 173 Å². The van der Waals surface area contributed by atoms with Gasteiger partial charge in [-0.3, -0.25) is 0 Å². The summed E-state index contributed by atoms with van der Waals surface area (Å²) in [6, 6.07) is 13.6.